The van der Waals surface area contributed by atoms with Gasteiger partial charge >= 0.3 is 12.2 Å². The number of carbonyl (C=O) groups excluding carboxylic acids is 1. The van der Waals surface area contributed by atoms with Gasteiger partial charge in [-0.25, -0.2) is 23.1 Å². The zero-order valence-electron chi connectivity index (χ0n) is 30.5. The smallest absolute Gasteiger partial charge is 0.418 e. The van der Waals surface area contributed by atoms with Crippen LogP contribution in [0.5, 0.6) is 6.01 Å². The number of methoxy groups -OCH3 is 1. The summed E-state index contributed by atoms with van der Waals surface area (Å²) in [6, 6.07) is 4.85. The fourth-order valence-electron chi connectivity index (χ4n) is 6.92. The van der Waals surface area contributed by atoms with Crippen molar-refractivity contribution in [2.24, 2.45) is 0 Å². The van der Waals surface area contributed by atoms with Crippen molar-refractivity contribution in [2.75, 3.05) is 45.2 Å². The number of likely N-dealkylation sites (tertiary alicyclic amines) is 1. The third-order valence-electron chi connectivity index (χ3n) is 9.45. The Hall–Kier alpha value is -4.57. The average molecular weight is 779 g/mol. The van der Waals surface area contributed by atoms with Crippen molar-refractivity contribution in [3.8, 4) is 17.3 Å². The van der Waals surface area contributed by atoms with Crippen LogP contribution >= 0.6 is 11.6 Å². The number of ether oxygens (including phenoxy) is 1. The lowest BCUT2D eigenvalue weighted by atomic mass is 10.0. The topological polar surface area (TPSA) is 100 Å². The second kappa shape index (κ2) is 17.3. The Bertz CT molecular complexity index is 1990. The van der Waals surface area contributed by atoms with Crippen molar-refractivity contribution in [1.29, 1.82) is 0 Å². The van der Waals surface area contributed by atoms with Crippen molar-refractivity contribution in [3.63, 3.8) is 0 Å². The van der Waals surface area contributed by atoms with Crippen LogP contribution in [0.3, 0.4) is 0 Å². The van der Waals surface area contributed by atoms with Gasteiger partial charge in [0.2, 0.25) is 0 Å². The van der Waals surface area contributed by atoms with Gasteiger partial charge in [0.25, 0.3) is 5.91 Å². The molecule has 17 heteroatoms. The Kier molecular flexibility index (Phi) is 13.0. The number of aromatic nitrogens is 5. The number of anilines is 1. The number of fused-ring (bicyclic) bond motifs is 2. The van der Waals surface area contributed by atoms with E-state index in [0.29, 0.717) is 24.8 Å². The summed E-state index contributed by atoms with van der Waals surface area (Å²) in [6.07, 6.45) is 2.02. The van der Waals surface area contributed by atoms with E-state index in [4.69, 9.17) is 16.3 Å². The molecule has 0 aliphatic carbocycles. The SMILES string of the molecule is CC.COc1nc(N(C)C2CCN(C(=O)/C(F)=C/c3ccnc(C)n3)C2)c2cnc(-c3cccc(Cl)c3C(F)(F)F)c(F)c2n1.FC1CC2CCCN2C1. The number of pyridine rings is 1. The van der Waals surface area contributed by atoms with Crippen LogP contribution in [0, 0.1) is 12.7 Å². The molecular formula is C37H41ClF6N8O2. The maximum atomic E-state index is 15.9. The normalized spacial score (nSPS) is 19.9. The molecule has 7 rings (SSSR count). The molecular weight excluding hydrogens is 738 g/mol. The minimum Gasteiger partial charge on any atom is -0.467 e. The highest BCUT2D eigenvalue weighted by Gasteiger charge is 2.38. The van der Waals surface area contributed by atoms with Crippen LogP contribution in [0.25, 0.3) is 28.2 Å². The quantitative estimate of drug-likeness (QED) is 0.143. The highest BCUT2D eigenvalue weighted by Crippen LogP contribution is 2.43. The van der Waals surface area contributed by atoms with Crippen molar-refractivity contribution in [2.45, 2.75) is 70.9 Å². The molecule has 3 unspecified atom stereocenters. The van der Waals surface area contributed by atoms with E-state index in [1.54, 1.807) is 18.9 Å². The van der Waals surface area contributed by atoms with Crippen LogP contribution in [0.4, 0.5) is 32.2 Å². The van der Waals surface area contributed by atoms with E-state index in [-0.39, 0.29) is 47.6 Å². The summed E-state index contributed by atoms with van der Waals surface area (Å²) in [5.41, 5.74) is -2.46. The zero-order chi connectivity index (χ0) is 39.3. The third kappa shape index (κ3) is 8.86. The summed E-state index contributed by atoms with van der Waals surface area (Å²) < 4.78 is 89.9. The molecule has 3 saturated heterocycles. The highest BCUT2D eigenvalue weighted by atomic mass is 35.5. The molecule has 54 heavy (non-hydrogen) atoms. The molecule has 0 saturated carbocycles. The number of amides is 1. The molecule has 3 aliphatic heterocycles. The second-order valence-corrected chi connectivity index (χ2v) is 13.2. The number of rotatable bonds is 6. The van der Waals surface area contributed by atoms with Gasteiger partial charge in [0.1, 0.15) is 29.0 Å². The molecule has 3 aromatic heterocycles. The largest absolute Gasteiger partial charge is 0.467 e. The maximum Gasteiger partial charge on any atom is 0.418 e. The summed E-state index contributed by atoms with van der Waals surface area (Å²) >= 11 is 5.84. The number of halogens is 7. The number of aryl methyl sites for hydroxylation is 1. The van der Waals surface area contributed by atoms with Gasteiger partial charge in [-0.3, -0.25) is 14.7 Å². The molecule has 1 aromatic carbocycles. The number of hydrogen-bond donors (Lipinski definition) is 0. The number of likely N-dealkylation sites (N-methyl/N-ethyl adjacent to an activating group) is 1. The fourth-order valence-corrected chi connectivity index (χ4v) is 7.20. The summed E-state index contributed by atoms with van der Waals surface area (Å²) in [6.45, 7) is 7.83. The molecule has 3 aliphatic rings. The molecule has 0 radical (unpaired) electrons. The molecule has 1 amide bonds. The van der Waals surface area contributed by atoms with E-state index in [0.717, 1.165) is 31.2 Å². The molecule has 3 fully saturated rings. The standard InChI is InChI=1S/C28H23ClF5N7O2.C7H12FN.C2H6/c1-14-35-9-7-15(37-14)11-20(30)26(42)41-10-8-16(13-41)40(2)25-18-12-36-23(22(31)24(18)38-27(39-25)43-3)17-5-4-6-19(29)21(17)28(32,33)34;8-6-4-7-2-1-3-9(7)5-6;1-2/h4-7,9,11-12,16H,8,10,13H2,1-3H3;6-7H,1-5H2;1-2H3/b20-11-;;. The minimum atomic E-state index is -4.88. The Morgan fingerprint density at radius 1 is 1.07 bits per heavy atom. The Morgan fingerprint density at radius 3 is 2.52 bits per heavy atom. The first-order valence-corrected chi connectivity index (χ1v) is 18.0. The third-order valence-corrected chi connectivity index (χ3v) is 9.76. The van der Waals surface area contributed by atoms with Gasteiger partial charge in [0.05, 0.1) is 28.8 Å². The molecule has 10 nitrogen and oxygen atoms in total. The van der Waals surface area contributed by atoms with Crippen LogP contribution in [-0.4, -0.2) is 99.2 Å². The summed E-state index contributed by atoms with van der Waals surface area (Å²) in [7, 11) is 2.90. The lowest BCUT2D eigenvalue weighted by Crippen LogP contribution is -2.37. The van der Waals surface area contributed by atoms with Gasteiger partial charge < -0.3 is 14.5 Å². The Morgan fingerprint density at radius 2 is 1.83 bits per heavy atom. The van der Waals surface area contributed by atoms with E-state index in [1.165, 1.54) is 49.4 Å². The van der Waals surface area contributed by atoms with Gasteiger partial charge in [-0.2, -0.15) is 23.1 Å². The predicted molar refractivity (Wildman–Crippen MR) is 194 cm³/mol. The molecule has 290 valence electrons. The fraction of sp³-hybridized carbons (Fsp3) is 0.459. The first-order valence-electron chi connectivity index (χ1n) is 17.6. The predicted octanol–water partition coefficient (Wildman–Crippen LogP) is 7.88. The maximum absolute atomic E-state index is 15.9. The number of hydrogen-bond acceptors (Lipinski definition) is 9. The lowest BCUT2D eigenvalue weighted by molar-refractivity contribution is -0.137. The molecule has 3 atom stereocenters. The van der Waals surface area contributed by atoms with Crippen LogP contribution < -0.4 is 9.64 Å². The first kappa shape index (κ1) is 40.6. The highest BCUT2D eigenvalue weighted by molar-refractivity contribution is 6.31. The Balaban J connectivity index is 0.000000436. The average Bonchev–Trinajstić information content (AvgIpc) is 3.89. The molecule has 6 heterocycles. The lowest BCUT2D eigenvalue weighted by Gasteiger charge is -2.27. The number of alkyl halides is 4. The van der Waals surface area contributed by atoms with Crippen LogP contribution in [-0.2, 0) is 11.0 Å². The monoisotopic (exact) mass is 778 g/mol. The van der Waals surface area contributed by atoms with E-state index in [9.17, 15) is 26.7 Å². The zero-order valence-corrected chi connectivity index (χ0v) is 31.2. The van der Waals surface area contributed by atoms with Crippen LogP contribution in [0.15, 0.2) is 42.5 Å². The second-order valence-electron chi connectivity index (χ2n) is 12.8. The van der Waals surface area contributed by atoms with E-state index in [1.807, 2.05) is 13.8 Å². The molecule has 0 spiro atoms. The number of carbonyl (C=O) groups is 1. The van der Waals surface area contributed by atoms with Crippen molar-refractivity contribution < 1.29 is 35.9 Å². The van der Waals surface area contributed by atoms with Gasteiger partial charge in [-0.05, 0) is 51.3 Å². The van der Waals surface area contributed by atoms with E-state index >= 15 is 4.39 Å². The first-order chi connectivity index (χ1) is 25.7. The molecule has 0 bridgehead atoms. The van der Waals surface area contributed by atoms with Crippen molar-refractivity contribution >= 4 is 40.3 Å². The van der Waals surface area contributed by atoms with E-state index in [2.05, 4.69) is 29.8 Å². The van der Waals surface area contributed by atoms with Crippen molar-refractivity contribution in [1.82, 2.24) is 34.7 Å². The van der Waals surface area contributed by atoms with Gasteiger partial charge in [-0.1, -0.05) is 37.6 Å². The molecule has 4 aromatic rings. The van der Waals surface area contributed by atoms with Gasteiger partial charge in [0.15, 0.2) is 11.6 Å². The number of nitrogens with zero attached hydrogens (tertiary/aromatic N) is 8. The Labute approximate surface area is 314 Å². The summed E-state index contributed by atoms with van der Waals surface area (Å²) in [5, 5.41) is -0.513. The minimum absolute atomic E-state index is 0.0927. The molecule has 0 N–H and O–H groups in total. The number of benzene rings is 1. The van der Waals surface area contributed by atoms with Crippen LogP contribution in [0.1, 0.15) is 56.6 Å². The van der Waals surface area contributed by atoms with Crippen LogP contribution in [0.2, 0.25) is 5.02 Å². The van der Waals surface area contributed by atoms with E-state index < -0.39 is 51.7 Å². The van der Waals surface area contributed by atoms with Gasteiger partial charge in [-0.15, -0.1) is 0 Å². The summed E-state index contributed by atoms with van der Waals surface area (Å²) in [4.78, 5) is 38.5. The summed E-state index contributed by atoms with van der Waals surface area (Å²) in [5.74, 6) is -2.36. The van der Waals surface area contributed by atoms with Crippen molar-refractivity contribution in [3.05, 3.63) is 70.4 Å². The van der Waals surface area contributed by atoms with Gasteiger partial charge in [0, 0.05) is 62.8 Å².